The largest absolute Gasteiger partial charge is 0.510 e. The van der Waals surface area contributed by atoms with Gasteiger partial charge in [0.15, 0.2) is 5.78 Å². The molecule has 0 aliphatic heterocycles. The average molecular weight is 171 g/mol. The fourth-order valence-corrected chi connectivity index (χ4v) is 0.964. The number of amides is 1. The molecule has 0 aromatic heterocycles. The first-order valence-electron chi connectivity index (χ1n) is 3.51. The number of aliphatic hydroxyl groups is 2. The van der Waals surface area contributed by atoms with E-state index in [9.17, 15) is 9.59 Å². The number of Topliss-reactive ketones (excluding diaryl/α,β-unsaturated/α-hetero) is 1. The zero-order valence-electron chi connectivity index (χ0n) is 6.33. The number of aliphatic hydroxyl groups excluding tert-OH is 2. The van der Waals surface area contributed by atoms with E-state index in [1.165, 1.54) is 0 Å². The molecule has 0 saturated carbocycles. The Morgan fingerprint density at radius 1 is 1.50 bits per heavy atom. The third-order valence-corrected chi connectivity index (χ3v) is 1.56. The molecule has 0 fully saturated rings. The lowest BCUT2D eigenvalue weighted by Gasteiger charge is -2.01. The molecule has 0 unspecified atom stereocenters. The number of hydrogen-bond donors (Lipinski definition) is 3. The second-order valence-electron chi connectivity index (χ2n) is 2.45. The SMILES string of the molecule is O=C(CO)NC1=C(O)CCC1=O. The smallest absolute Gasteiger partial charge is 0.250 e. The van der Waals surface area contributed by atoms with Crippen molar-refractivity contribution in [3.63, 3.8) is 0 Å². The van der Waals surface area contributed by atoms with Crippen LogP contribution in [0.4, 0.5) is 0 Å². The number of hydrogen-bond acceptors (Lipinski definition) is 4. The topological polar surface area (TPSA) is 86.6 Å². The van der Waals surface area contributed by atoms with E-state index in [0.717, 1.165) is 0 Å². The van der Waals surface area contributed by atoms with Gasteiger partial charge in [0.2, 0.25) is 5.91 Å². The van der Waals surface area contributed by atoms with Gasteiger partial charge in [0.05, 0.1) is 0 Å². The van der Waals surface area contributed by atoms with Gasteiger partial charge < -0.3 is 15.5 Å². The highest BCUT2D eigenvalue weighted by molar-refractivity contribution is 6.01. The minimum atomic E-state index is -0.690. The van der Waals surface area contributed by atoms with Crippen LogP contribution in [0.15, 0.2) is 11.5 Å². The molecule has 0 aromatic rings. The van der Waals surface area contributed by atoms with Crippen molar-refractivity contribution >= 4 is 11.7 Å². The van der Waals surface area contributed by atoms with Crippen LogP contribution in [0.2, 0.25) is 0 Å². The van der Waals surface area contributed by atoms with Crippen molar-refractivity contribution in [3.8, 4) is 0 Å². The fourth-order valence-electron chi connectivity index (χ4n) is 0.964. The van der Waals surface area contributed by atoms with Crippen molar-refractivity contribution in [2.75, 3.05) is 6.61 Å². The number of nitrogens with one attached hydrogen (secondary N) is 1. The molecular weight excluding hydrogens is 162 g/mol. The van der Waals surface area contributed by atoms with Gasteiger partial charge in [-0.2, -0.15) is 0 Å². The minimum absolute atomic E-state index is 0.0750. The summed E-state index contributed by atoms with van der Waals surface area (Å²) in [6.45, 7) is -0.690. The Labute approximate surface area is 68.7 Å². The average Bonchev–Trinajstić information content (AvgIpc) is 2.35. The minimum Gasteiger partial charge on any atom is -0.510 e. The lowest BCUT2D eigenvalue weighted by atomic mass is 10.3. The quantitative estimate of drug-likeness (QED) is 0.509. The summed E-state index contributed by atoms with van der Waals surface area (Å²) in [5.74, 6) is -1.09. The van der Waals surface area contributed by atoms with Gasteiger partial charge in [0.1, 0.15) is 18.1 Å². The Kier molecular flexibility index (Phi) is 2.44. The molecule has 5 nitrogen and oxygen atoms in total. The lowest BCUT2D eigenvalue weighted by molar-refractivity contribution is -0.125. The van der Waals surface area contributed by atoms with Crippen LogP contribution < -0.4 is 5.32 Å². The summed E-state index contributed by atoms with van der Waals surface area (Å²) in [4.78, 5) is 21.5. The molecule has 66 valence electrons. The second-order valence-corrected chi connectivity index (χ2v) is 2.45. The first-order chi connectivity index (χ1) is 5.65. The van der Waals surface area contributed by atoms with Crippen LogP contribution in [0.3, 0.4) is 0 Å². The summed E-state index contributed by atoms with van der Waals surface area (Å²) in [6.07, 6.45) is 0.479. The fraction of sp³-hybridized carbons (Fsp3) is 0.429. The summed E-state index contributed by atoms with van der Waals surface area (Å²) < 4.78 is 0. The van der Waals surface area contributed by atoms with Crippen molar-refractivity contribution in [2.24, 2.45) is 0 Å². The maximum absolute atomic E-state index is 10.9. The highest BCUT2D eigenvalue weighted by Crippen LogP contribution is 2.17. The van der Waals surface area contributed by atoms with Crippen LogP contribution in [0, 0.1) is 0 Å². The van der Waals surface area contributed by atoms with E-state index in [0.29, 0.717) is 0 Å². The lowest BCUT2D eigenvalue weighted by Crippen LogP contribution is -2.28. The van der Waals surface area contributed by atoms with E-state index in [1.54, 1.807) is 0 Å². The van der Waals surface area contributed by atoms with Crippen molar-refractivity contribution < 1.29 is 19.8 Å². The van der Waals surface area contributed by atoms with E-state index >= 15 is 0 Å². The van der Waals surface area contributed by atoms with Crippen LogP contribution in [0.5, 0.6) is 0 Å². The van der Waals surface area contributed by atoms with E-state index < -0.39 is 12.5 Å². The van der Waals surface area contributed by atoms with Gasteiger partial charge in [-0.3, -0.25) is 9.59 Å². The van der Waals surface area contributed by atoms with Gasteiger partial charge in [0.25, 0.3) is 0 Å². The first-order valence-corrected chi connectivity index (χ1v) is 3.51. The predicted octanol–water partition coefficient (Wildman–Crippen LogP) is -0.773. The summed E-state index contributed by atoms with van der Waals surface area (Å²) in [7, 11) is 0. The van der Waals surface area contributed by atoms with Crippen LogP contribution in [0.25, 0.3) is 0 Å². The molecule has 1 aliphatic rings. The predicted molar refractivity (Wildman–Crippen MR) is 39.1 cm³/mol. The molecule has 3 N–H and O–H groups in total. The molecule has 5 heteroatoms. The number of carbonyl (C=O) groups is 2. The Morgan fingerprint density at radius 2 is 2.17 bits per heavy atom. The van der Waals surface area contributed by atoms with E-state index in [-0.39, 0.29) is 30.1 Å². The molecule has 1 amide bonds. The molecule has 0 heterocycles. The van der Waals surface area contributed by atoms with Gasteiger partial charge in [-0.1, -0.05) is 0 Å². The standard InChI is InChI=1S/C7H9NO4/c9-3-6(12)8-7-4(10)1-2-5(7)11/h9-10H,1-3H2,(H,8,12). The molecule has 0 saturated heterocycles. The van der Waals surface area contributed by atoms with E-state index in [4.69, 9.17) is 10.2 Å². The van der Waals surface area contributed by atoms with E-state index in [1.807, 2.05) is 0 Å². The van der Waals surface area contributed by atoms with Gasteiger partial charge in [-0.15, -0.1) is 0 Å². The third kappa shape index (κ3) is 1.62. The molecule has 0 bridgehead atoms. The van der Waals surface area contributed by atoms with Gasteiger partial charge in [-0.25, -0.2) is 0 Å². The second kappa shape index (κ2) is 3.36. The summed E-state index contributed by atoms with van der Waals surface area (Å²) >= 11 is 0. The van der Waals surface area contributed by atoms with Crippen LogP contribution in [-0.2, 0) is 9.59 Å². The Bertz CT molecular complexity index is 256. The molecule has 0 spiro atoms. The summed E-state index contributed by atoms with van der Waals surface area (Å²) in [6, 6.07) is 0. The number of rotatable bonds is 2. The van der Waals surface area contributed by atoms with Crippen LogP contribution in [-0.4, -0.2) is 28.5 Å². The van der Waals surface area contributed by atoms with Crippen LogP contribution >= 0.6 is 0 Å². The zero-order valence-corrected chi connectivity index (χ0v) is 6.33. The van der Waals surface area contributed by atoms with Crippen molar-refractivity contribution in [1.82, 2.24) is 5.32 Å². The van der Waals surface area contributed by atoms with E-state index in [2.05, 4.69) is 5.32 Å². The maximum Gasteiger partial charge on any atom is 0.250 e. The first kappa shape index (κ1) is 8.73. The molecule has 0 atom stereocenters. The molecule has 1 aliphatic carbocycles. The Balaban J connectivity index is 2.67. The molecule has 0 radical (unpaired) electrons. The molecule has 12 heavy (non-hydrogen) atoms. The molecule has 0 aromatic carbocycles. The van der Waals surface area contributed by atoms with Crippen LogP contribution in [0.1, 0.15) is 12.8 Å². The molecule has 1 rings (SSSR count). The molecular formula is C7H9NO4. The van der Waals surface area contributed by atoms with Crippen molar-refractivity contribution in [1.29, 1.82) is 0 Å². The highest BCUT2D eigenvalue weighted by Gasteiger charge is 2.23. The summed E-state index contributed by atoms with van der Waals surface area (Å²) in [5, 5.41) is 19.5. The maximum atomic E-state index is 10.9. The van der Waals surface area contributed by atoms with Gasteiger partial charge in [0, 0.05) is 12.8 Å². The number of allylic oxidation sites excluding steroid dienone is 2. The van der Waals surface area contributed by atoms with Gasteiger partial charge >= 0.3 is 0 Å². The number of ketones is 1. The third-order valence-electron chi connectivity index (χ3n) is 1.56. The normalized spacial score (nSPS) is 16.9. The monoisotopic (exact) mass is 171 g/mol. The van der Waals surface area contributed by atoms with Crippen molar-refractivity contribution in [3.05, 3.63) is 11.5 Å². The highest BCUT2D eigenvalue weighted by atomic mass is 16.3. The Hall–Kier alpha value is -1.36. The van der Waals surface area contributed by atoms with Gasteiger partial charge in [-0.05, 0) is 0 Å². The summed E-state index contributed by atoms with van der Waals surface area (Å²) in [5.41, 5.74) is -0.0750. The zero-order chi connectivity index (χ0) is 9.14. The Morgan fingerprint density at radius 3 is 2.58 bits per heavy atom. The van der Waals surface area contributed by atoms with Crippen molar-refractivity contribution in [2.45, 2.75) is 12.8 Å². The number of carbonyl (C=O) groups excluding carboxylic acids is 2.